The van der Waals surface area contributed by atoms with Crippen molar-refractivity contribution in [1.82, 2.24) is 20.8 Å². The van der Waals surface area contributed by atoms with Gasteiger partial charge >= 0.3 is 0 Å². The topological polar surface area (TPSA) is 86.9 Å². The molecule has 2 amide bonds. The highest BCUT2D eigenvalue weighted by Crippen LogP contribution is 2.39. The van der Waals surface area contributed by atoms with Gasteiger partial charge in [0.2, 0.25) is 5.91 Å². The molecule has 1 aromatic heterocycles. The average molecular weight is 379 g/mol. The van der Waals surface area contributed by atoms with Crippen molar-refractivity contribution >= 4 is 24.0 Å². The van der Waals surface area contributed by atoms with Gasteiger partial charge in [-0.25, -0.2) is 0 Å². The first-order valence-electron chi connectivity index (χ1n) is 9.21. The Hall–Kier alpha value is -1.76. The van der Waals surface area contributed by atoms with E-state index in [1.165, 1.54) is 19.0 Å². The van der Waals surface area contributed by atoms with Crippen molar-refractivity contribution < 1.29 is 9.59 Å². The van der Waals surface area contributed by atoms with Crippen molar-refractivity contribution in [3.8, 4) is 0 Å². The van der Waals surface area contributed by atoms with Crippen LogP contribution in [0.3, 0.4) is 0 Å². The zero-order chi connectivity index (χ0) is 19.4. The van der Waals surface area contributed by atoms with Crippen LogP contribution in [-0.4, -0.2) is 34.1 Å². The van der Waals surface area contributed by atoms with E-state index < -0.39 is 5.54 Å². The predicted molar refractivity (Wildman–Crippen MR) is 104 cm³/mol. The molecule has 1 aliphatic rings. The molecule has 1 aliphatic carbocycles. The molecule has 1 unspecified atom stereocenters. The standard InChI is InChI=1S/C19H30N4O2S/c1-18(2)8-5-6-13(11-18)10-15(24)22-19(3,4)12-20-16(25)14-7-9-21-23-17(14)26/h7,9,13H,5-6,8,10-12H2,1-4H3,(H,20,25)(H,22,24)(H,23,26). The van der Waals surface area contributed by atoms with Crippen LogP contribution < -0.4 is 10.6 Å². The highest BCUT2D eigenvalue weighted by molar-refractivity contribution is 7.71. The average Bonchev–Trinajstić information content (AvgIpc) is 2.51. The van der Waals surface area contributed by atoms with E-state index in [1.807, 2.05) is 13.8 Å². The summed E-state index contributed by atoms with van der Waals surface area (Å²) < 4.78 is 0.298. The summed E-state index contributed by atoms with van der Waals surface area (Å²) >= 11 is 5.07. The molecular formula is C19H30N4O2S. The minimum atomic E-state index is -0.532. The lowest BCUT2D eigenvalue weighted by Gasteiger charge is -2.35. The molecule has 0 saturated heterocycles. The third kappa shape index (κ3) is 6.20. The molecule has 1 aromatic rings. The van der Waals surface area contributed by atoms with Crippen molar-refractivity contribution in [2.24, 2.45) is 11.3 Å². The van der Waals surface area contributed by atoms with Gasteiger partial charge in [-0.1, -0.05) is 32.5 Å². The number of amides is 2. The maximum absolute atomic E-state index is 12.5. The van der Waals surface area contributed by atoms with E-state index in [9.17, 15) is 9.59 Å². The Morgan fingerprint density at radius 1 is 1.42 bits per heavy atom. The first-order valence-corrected chi connectivity index (χ1v) is 9.62. The molecule has 1 heterocycles. The van der Waals surface area contributed by atoms with Crippen LogP contribution in [0.5, 0.6) is 0 Å². The molecule has 0 spiro atoms. The fraction of sp³-hybridized carbons (Fsp3) is 0.684. The number of hydrogen-bond acceptors (Lipinski definition) is 4. The van der Waals surface area contributed by atoms with Crippen LogP contribution in [0.1, 0.15) is 70.2 Å². The van der Waals surface area contributed by atoms with Crippen molar-refractivity contribution in [2.45, 2.75) is 65.3 Å². The van der Waals surface area contributed by atoms with Gasteiger partial charge < -0.3 is 10.6 Å². The maximum Gasteiger partial charge on any atom is 0.254 e. The van der Waals surface area contributed by atoms with Crippen molar-refractivity contribution in [1.29, 1.82) is 0 Å². The molecule has 1 atom stereocenters. The summed E-state index contributed by atoms with van der Waals surface area (Å²) in [4.78, 5) is 24.7. The Bertz CT molecular complexity index is 711. The van der Waals surface area contributed by atoms with E-state index in [0.717, 1.165) is 12.8 Å². The SMILES string of the molecule is CC1(C)CCCC(CC(=O)NC(C)(C)CNC(=O)c2ccn[nH]c2=S)C1. The monoisotopic (exact) mass is 378 g/mol. The third-order valence-electron chi connectivity index (χ3n) is 4.92. The highest BCUT2D eigenvalue weighted by Gasteiger charge is 2.30. The zero-order valence-corrected chi connectivity index (χ0v) is 17.0. The van der Waals surface area contributed by atoms with Crippen LogP contribution >= 0.6 is 12.2 Å². The molecule has 144 valence electrons. The number of hydrogen-bond donors (Lipinski definition) is 3. The van der Waals surface area contributed by atoms with Gasteiger partial charge in [-0.3, -0.25) is 14.7 Å². The van der Waals surface area contributed by atoms with Crippen LogP contribution in [0.15, 0.2) is 12.3 Å². The quantitative estimate of drug-likeness (QED) is 0.662. The number of aromatic amines is 1. The largest absolute Gasteiger partial charge is 0.350 e. The lowest BCUT2D eigenvalue weighted by Crippen LogP contribution is -2.51. The number of carbonyl (C=O) groups is 2. The fourth-order valence-electron chi connectivity index (χ4n) is 3.68. The Morgan fingerprint density at radius 2 is 2.15 bits per heavy atom. The number of rotatable bonds is 6. The molecule has 0 bridgehead atoms. The molecule has 0 aliphatic heterocycles. The van der Waals surface area contributed by atoms with E-state index in [4.69, 9.17) is 12.2 Å². The molecule has 1 saturated carbocycles. The second kappa shape index (κ2) is 8.29. The maximum atomic E-state index is 12.5. The molecule has 7 heteroatoms. The Balaban J connectivity index is 1.84. The normalized spacial score (nSPS) is 19.6. The summed E-state index contributed by atoms with van der Waals surface area (Å²) in [6.07, 6.45) is 6.68. The molecule has 0 radical (unpaired) electrons. The first-order chi connectivity index (χ1) is 12.1. The highest BCUT2D eigenvalue weighted by atomic mass is 32.1. The van der Waals surface area contributed by atoms with Crippen LogP contribution in [-0.2, 0) is 4.79 Å². The molecule has 26 heavy (non-hydrogen) atoms. The van der Waals surface area contributed by atoms with Gasteiger partial charge in [-0.15, -0.1) is 0 Å². The summed E-state index contributed by atoms with van der Waals surface area (Å²) in [7, 11) is 0. The first kappa shape index (κ1) is 20.6. The number of carbonyl (C=O) groups excluding carboxylic acids is 2. The van der Waals surface area contributed by atoms with Crippen molar-refractivity contribution in [3.63, 3.8) is 0 Å². The second-order valence-corrected chi connectivity index (χ2v) is 9.15. The van der Waals surface area contributed by atoms with Crippen LogP contribution in [0.25, 0.3) is 0 Å². The van der Waals surface area contributed by atoms with E-state index in [0.29, 0.717) is 34.5 Å². The Morgan fingerprint density at radius 3 is 2.81 bits per heavy atom. The van der Waals surface area contributed by atoms with Crippen molar-refractivity contribution in [3.05, 3.63) is 22.5 Å². The van der Waals surface area contributed by atoms with E-state index in [-0.39, 0.29) is 11.8 Å². The summed E-state index contributed by atoms with van der Waals surface area (Å²) in [5.41, 5.74) is 0.174. The number of nitrogens with zero attached hydrogens (tertiary/aromatic N) is 1. The van der Waals surface area contributed by atoms with Crippen LogP contribution in [0.2, 0.25) is 0 Å². The Kier molecular flexibility index (Phi) is 6.55. The van der Waals surface area contributed by atoms with Gasteiger partial charge in [0.05, 0.1) is 11.1 Å². The van der Waals surface area contributed by atoms with Crippen LogP contribution in [0, 0.1) is 16.0 Å². The van der Waals surface area contributed by atoms with Gasteiger partial charge in [0.25, 0.3) is 5.91 Å². The van der Waals surface area contributed by atoms with Gasteiger partial charge in [0, 0.05) is 19.2 Å². The summed E-state index contributed by atoms with van der Waals surface area (Å²) in [6.45, 7) is 8.69. The van der Waals surface area contributed by atoms with E-state index in [1.54, 1.807) is 6.07 Å². The summed E-state index contributed by atoms with van der Waals surface area (Å²) in [6, 6.07) is 1.57. The fourth-order valence-corrected chi connectivity index (χ4v) is 3.90. The molecular weight excluding hydrogens is 348 g/mol. The minimum absolute atomic E-state index is 0.0492. The summed E-state index contributed by atoms with van der Waals surface area (Å²) in [5.74, 6) is 0.220. The second-order valence-electron chi connectivity index (χ2n) is 8.74. The lowest BCUT2D eigenvalue weighted by molar-refractivity contribution is -0.124. The number of aromatic nitrogens is 2. The smallest absolute Gasteiger partial charge is 0.254 e. The van der Waals surface area contributed by atoms with E-state index in [2.05, 4.69) is 34.7 Å². The molecule has 0 aromatic carbocycles. The summed E-state index contributed by atoms with van der Waals surface area (Å²) in [5, 5.41) is 12.3. The van der Waals surface area contributed by atoms with Gasteiger partial charge in [-0.05, 0) is 50.5 Å². The number of H-pyrrole nitrogens is 1. The zero-order valence-electron chi connectivity index (χ0n) is 16.1. The molecule has 3 N–H and O–H groups in total. The predicted octanol–water partition coefficient (Wildman–Crippen LogP) is 3.37. The van der Waals surface area contributed by atoms with Crippen molar-refractivity contribution in [2.75, 3.05) is 6.54 Å². The molecule has 2 rings (SSSR count). The van der Waals surface area contributed by atoms with E-state index >= 15 is 0 Å². The van der Waals surface area contributed by atoms with Gasteiger partial charge in [0.1, 0.15) is 4.64 Å². The van der Waals surface area contributed by atoms with Gasteiger partial charge in [0.15, 0.2) is 0 Å². The van der Waals surface area contributed by atoms with Gasteiger partial charge in [-0.2, -0.15) is 5.10 Å². The lowest BCUT2D eigenvalue weighted by atomic mass is 9.71. The Labute approximate surface area is 160 Å². The molecule has 1 fully saturated rings. The minimum Gasteiger partial charge on any atom is -0.350 e. The number of nitrogens with one attached hydrogen (secondary N) is 3. The van der Waals surface area contributed by atoms with Crippen LogP contribution in [0.4, 0.5) is 0 Å². The molecule has 6 nitrogen and oxygen atoms in total. The third-order valence-corrected chi connectivity index (χ3v) is 5.23.